The molecule has 2 aliphatic heterocycles. The third-order valence-corrected chi connectivity index (χ3v) is 7.70. The number of nitrogens with zero attached hydrogens (tertiary/aromatic N) is 1. The van der Waals surface area contributed by atoms with Crippen LogP contribution in [0.4, 0.5) is 0 Å². The first-order chi connectivity index (χ1) is 15.3. The average molecular weight is 462 g/mol. The molecule has 6 N–H and O–H groups in total. The molecule has 0 saturated carbocycles. The molecule has 9 heteroatoms. The zero-order chi connectivity index (χ0) is 24.7. The molecule has 2 heterocycles. The number of hydrogen-bond donors (Lipinski definition) is 4. The van der Waals surface area contributed by atoms with Crippen LogP contribution in [0.15, 0.2) is 12.2 Å². The summed E-state index contributed by atoms with van der Waals surface area (Å²) in [5.41, 5.74) is 11.4. The van der Waals surface area contributed by atoms with Crippen LogP contribution in [-0.2, 0) is 19.2 Å². The number of carbonyl (C=O) groups is 4. The molecule has 0 unspecified atom stereocenters. The van der Waals surface area contributed by atoms with Gasteiger partial charge in [-0.05, 0) is 41.9 Å². The van der Waals surface area contributed by atoms with Crippen molar-refractivity contribution < 1.29 is 19.2 Å². The number of amides is 4. The molecule has 1 aliphatic carbocycles. The van der Waals surface area contributed by atoms with Gasteiger partial charge < -0.3 is 27.0 Å². The number of fused-ring (bicyclic) bond motifs is 1. The van der Waals surface area contributed by atoms with E-state index in [1.54, 1.807) is 4.90 Å². The van der Waals surface area contributed by atoms with Crippen LogP contribution in [0.1, 0.15) is 47.5 Å². The molecule has 184 valence electrons. The third kappa shape index (κ3) is 5.08. The van der Waals surface area contributed by atoms with E-state index in [9.17, 15) is 19.2 Å². The topological polar surface area (TPSA) is 148 Å². The van der Waals surface area contributed by atoms with Crippen molar-refractivity contribution in [1.29, 1.82) is 0 Å². The van der Waals surface area contributed by atoms with Crippen LogP contribution in [0.2, 0.25) is 0 Å². The Hall–Kier alpha value is -2.42. The third-order valence-electron chi connectivity index (χ3n) is 7.70. The van der Waals surface area contributed by atoms with E-state index in [4.69, 9.17) is 11.5 Å². The van der Waals surface area contributed by atoms with Gasteiger partial charge in [0.2, 0.25) is 23.6 Å². The monoisotopic (exact) mass is 461 g/mol. The lowest BCUT2D eigenvalue weighted by Crippen LogP contribution is -2.58. The van der Waals surface area contributed by atoms with E-state index in [1.807, 2.05) is 27.7 Å². The average Bonchev–Trinajstić information content (AvgIpc) is 3.33. The number of rotatable bonds is 6. The van der Waals surface area contributed by atoms with Crippen LogP contribution < -0.4 is 22.1 Å². The summed E-state index contributed by atoms with van der Waals surface area (Å²) in [4.78, 5) is 52.9. The summed E-state index contributed by atoms with van der Waals surface area (Å²) in [6.45, 7) is 10.8. The first-order valence-corrected chi connectivity index (χ1v) is 11.9. The number of hydrogen-bond acceptors (Lipinski definition) is 5. The van der Waals surface area contributed by atoms with Crippen molar-refractivity contribution in [3.8, 4) is 0 Å². The second kappa shape index (κ2) is 9.44. The number of nitrogens with one attached hydrogen (secondary N) is 2. The summed E-state index contributed by atoms with van der Waals surface area (Å²) in [7, 11) is 0. The first-order valence-electron chi connectivity index (χ1n) is 11.9. The number of likely N-dealkylation sites (tertiary alicyclic amines) is 1. The van der Waals surface area contributed by atoms with Crippen molar-refractivity contribution in [2.45, 2.75) is 65.6 Å². The SMILES string of the molecule is C[C@@H]1C=C[C@H](C)[C@H]2CN(C(=O)[C@@H](N)C(C)(C)C)[C@H](C(=O)N[C@@H](C[C@@H]3CCNC3=O)C(N)=O)[C@H]21. The highest BCUT2D eigenvalue weighted by molar-refractivity contribution is 5.94. The summed E-state index contributed by atoms with van der Waals surface area (Å²) in [6, 6.07) is -2.50. The summed E-state index contributed by atoms with van der Waals surface area (Å²) in [5.74, 6) is -1.55. The molecule has 3 rings (SSSR count). The maximum Gasteiger partial charge on any atom is 0.243 e. The lowest BCUT2D eigenvalue weighted by molar-refractivity contribution is -0.143. The molecule has 0 radical (unpaired) electrons. The van der Waals surface area contributed by atoms with E-state index in [1.165, 1.54) is 0 Å². The lowest BCUT2D eigenvalue weighted by Gasteiger charge is -2.36. The lowest BCUT2D eigenvalue weighted by atomic mass is 9.71. The maximum atomic E-state index is 13.6. The fourth-order valence-electron chi connectivity index (χ4n) is 5.47. The van der Waals surface area contributed by atoms with E-state index >= 15 is 0 Å². The number of nitrogens with two attached hydrogens (primary N) is 2. The molecule has 9 nitrogen and oxygen atoms in total. The highest BCUT2D eigenvalue weighted by Gasteiger charge is 2.53. The van der Waals surface area contributed by atoms with E-state index in [0.29, 0.717) is 19.5 Å². The van der Waals surface area contributed by atoms with Crippen molar-refractivity contribution in [1.82, 2.24) is 15.5 Å². The highest BCUT2D eigenvalue weighted by atomic mass is 16.2. The van der Waals surface area contributed by atoms with E-state index in [2.05, 4.69) is 29.7 Å². The molecule has 0 bridgehead atoms. The standard InChI is InChI=1S/C24H39N5O4/c1-12-6-7-13(2)17-15(12)11-29(23(33)19(25)24(3,4)5)18(17)22(32)28-16(20(26)30)10-14-8-9-27-21(14)31/h6-7,12-19H,8-11,25H2,1-5H3,(H2,26,30)(H,27,31)(H,28,32)/t12-,13+,14-,15+,16-,17-,18-,19+/m0/s1. The summed E-state index contributed by atoms with van der Waals surface area (Å²) >= 11 is 0. The Labute approximate surface area is 196 Å². The fraction of sp³-hybridized carbons (Fsp3) is 0.750. The van der Waals surface area contributed by atoms with Gasteiger partial charge in [0.25, 0.3) is 0 Å². The van der Waals surface area contributed by atoms with Crippen LogP contribution in [0, 0.1) is 35.0 Å². The highest BCUT2D eigenvalue weighted by Crippen LogP contribution is 2.44. The van der Waals surface area contributed by atoms with Gasteiger partial charge in [-0.1, -0.05) is 46.8 Å². The molecular formula is C24H39N5O4. The van der Waals surface area contributed by atoms with Crippen molar-refractivity contribution in [3.63, 3.8) is 0 Å². The smallest absolute Gasteiger partial charge is 0.243 e. The van der Waals surface area contributed by atoms with Gasteiger partial charge in [0.1, 0.15) is 12.1 Å². The quantitative estimate of drug-likeness (QED) is 0.415. The van der Waals surface area contributed by atoms with Gasteiger partial charge in [-0.25, -0.2) is 0 Å². The molecule has 33 heavy (non-hydrogen) atoms. The Balaban J connectivity index is 1.87. The van der Waals surface area contributed by atoms with Gasteiger partial charge in [0.15, 0.2) is 0 Å². The Kier molecular flexibility index (Phi) is 7.21. The molecule has 0 aromatic rings. The van der Waals surface area contributed by atoms with Crippen LogP contribution in [-0.4, -0.2) is 59.7 Å². The predicted molar refractivity (Wildman–Crippen MR) is 124 cm³/mol. The van der Waals surface area contributed by atoms with Gasteiger partial charge in [-0.15, -0.1) is 0 Å². The minimum Gasteiger partial charge on any atom is -0.368 e. The molecular weight excluding hydrogens is 422 g/mol. The fourth-order valence-corrected chi connectivity index (χ4v) is 5.47. The van der Waals surface area contributed by atoms with E-state index in [0.717, 1.165) is 0 Å². The molecule has 2 saturated heterocycles. The number of carbonyl (C=O) groups excluding carboxylic acids is 4. The molecule has 3 aliphatic rings. The zero-order valence-electron chi connectivity index (χ0n) is 20.3. The molecule has 8 atom stereocenters. The normalized spacial score (nSPS) is 33.3. The number of primary amides is 1. The number of allylic oxidation sites excluding steroid dienone is 2. The van der Waals surface area contributed by atoms with Gasteiger partial charge in [-0.2, -0.15) is 0 Å². The second-order valence-electron chi connectivity index (χ2n) is 11.1. The summed E-state index contributed by atoms with van der Waals surface area (Å²) in [6.07, 6.45) is 4.98. The first kappa shape index (κ1) is 25.2. The molecule has 0 aromatic carbocycles. The molecule has 0 spiro atoms. The van der Waals surface area contributed by atoms with E-state index in [-0.39, 0.29) is 47.8 Å². The zero-order valence-corrected chi connectivity index (χ0v) is 20.3. The Bertz CT molecular complexity index is 835. The summed E-state index contributed by atoms with van der Waals surface area (Å²) < 4.78 is 0. The van der Waals surface area contributed by atoms with Crippen molar-refractivity contribution in [2.75, 3.05) is 13.1 Å². The Morgan fingerprint density at radius 2 is 1.85 bits per heavy atom. The second-order valence-corrected chi connectivity index (χ2v) is 11.1. The van der Waals surface area contributed by atoms with E-state index < -0.39 is 35.4 Å². The minimum atomic E-state index is -0.981. The Morgan fingerprint density at radius 3 is 2.39 bits per heavy atom. The van der Waals surface area contributed by atoms with Crippen LogP contribution >= 0.6 is 0 Å². The van der Waals surface area contributed by atoms with Crippen molar-refractivity contribution >= 4 is 23.6 Å². The van der Waals surface area contributed by atoms with Gasteiger partial charge in [0, 0.05) is 19.0 Å². The van der Waals surface area contributed by atoms with Crippen LogP contribution in [0.25, 0.3) is 0 Å². The molecule has 0 aromatic heterocycles. The van der Waals surface area contributed by atoms with Crippen molar-refractivity contribution in [3.05, 3.63) is 12.2 Å². The maximum absolute atomic E-state index is 13.6. The predicted octanol–water partition coefficient (Wildman–Crippen LogP) is 0.141. The van der Waals surface area contributed by atoms with Gasteiger partial charge in [0.05, 0.1) is 6.04 Å². The van der Waals surface area contributed by atoms with Crippen LogP contribution in [0.5, 0.6) is 0 Å². The van der Waals surface area contributed by atoms with Gasteiger partial charge in [-0.3, -0.25) is 19.2 Å². The van der Waals surface area contributed by atoms with Crippen molar-refractivity contribution in [2.24, 2.45) is 46.5 Å². The molecule has 4 amide bonds. The largest absolute Gasteiger partial charge is 0.368 e. The molecule has 2 fully saturated rings. The minimum absolute atomic E-state index is 0.0817. The summed E-state index contributed by atoms with van der Waals surface area (Å²) in [5, 5.41) is 5.53. The Morgan fingerprint density at radius 1 is 1.21 bits per heavy atom. The van der Waals surface area contributed by atoms with Gasteiger partial charge >= 0.3 is 0 Å². The van der Waals surface area contributed by atoms with Crippen LogP contribution in [0.3, 0.4) is 0 Å².